The van der Waals surface area contributed by atoms with Crippen molar-refractivity contribution >= 4 is 29.3 Å². The normalized spacial score (nSPS) is 11.5. The summed E-state index contributed by atoms with van der Waals surface area (Å²) in [4.78, 5) is 28.1. The van der Waals surface area contributed by atoms with Gasteiger partial charge in [0.05, 0.1) is 6.26 Å². The second-order valence-electron chi connectivity index (χ2n) is 8.14. The largest absolute Gasteiger partial charge is 0.465 e. The van der Waals surface area contributed by atoms with E-state index in [2.05, 4.69) is 44.9 Å². The van der Waals surface area contributed by atoms with Gasteiger partial charge < -0.3 is 20.0 Å². The van der Waals surface area contributed by atoms with Crippen LogP contribution in [-0.2, 0) is 4.79 Å². The Morgan fingerprint density at radius 2 is 1.76 bits per heavy atom. The van der Waals surface area contributed by atoms with Gasteiger partial charge in [-0.2, -0.15) is 4.68 Å². The summed E-state index contributed by atoms with van der Waals surface area (Å²) < 4.78 is 6.79. The Labute approximate surface area is 215 Å². The Kier molecular flexibility index (Phi) is 8.56. The second kappa shape index (κ2) is 12.4. The minimum Gasteiger partial charge on any atom is -0.465 e. The van der Waals surface area contributed by atoms with Gasteiger partial charge in [-0.25, -0.2) is 0 Å². The number of nitrogens with zero attached hydrogens (tertiary/aromatic N) is 5. The van der Waals surface area contributed by atoms with Gasteiger partial charge >= 0.3 is 0 Å². The van der Waals surface area contributed by atoms with Crippen molar-refractivity contribution in [2.75, 3.05) is 31.5 Å². The molecular formula is C27H29N7O3. The molecule has 0 spiro atoms. The zero-order chi connectivity index (χ0) is 26.0. The highest BCUT2D eigenvalue weighted by molar-refractivity contribution is 6.24. The quantitative estimate of drug-likeness (QED) is 0.303. The summed E-state index contributed by atoms with van der Waals surface area (Å²) in [6.07, 6.45) is 3.08. The maximum absolute atomic E-state index is 13.4. The summed E-state index contributed by atoms with van der Waals surface area (Å²) in [5, 5.41) is 17.7. The molecule has 4 aromatic rings. The van der Waals surface area contributed by atoms with Crippen LogP contribution in [0.5, 0.6) is 0 Å². The number of likely N-dealkylation sites (N-methyl/N-ethyl adjacent to an activating group) is 1. The number of anilines is 1. The van der Waals surface area contributed by atoms with Crippen LogP contribution in [0.3, 0.4) is 0 Å². The van der Waals surface area contributed by atoms with E-state index in [0.29, 0.717) is 29.4 Å². The van der Waals surface area contributed by atoms with E-state index < -0.39 is 5.91 Å². The number of amides is 2. The molecule has 0 unspecified atom stereocenters. The molecule has 4 rings (SSSR count). The highest BCUT2D eigenvalue weighted by atomic mass is 16.3. The molecule has 0 bridgehead atoms. The van der Waals surface area contributed by atoms with Gasteiger partial charge in [0, 0.05) is 36.0 Å². The molecule has 0 atom stereocenters. The molecule has 2 aromatic carbocycles. The minimum absolute atomic E-state index is 0.162. The zero-order valence-electron chi connectivity index (χ0n) is 20.8. The average molecular weight is 500 g/mol. The van der Waals surface area contributed by atoms with Crippen molar-refractivity contribution in [3.63, 3.8) is 0 Å². The molecule has 2 heterocycles. The zero-order valence-corrected chi connectivity index (χ0v) is 20.8. The number of rotatable bonds is 11. The molecule has 0 aliphatic heterocycles. The Morgan fingerprint density at radius 3 is 2.43 bits per heavy atom. The molecule has 37 heavy (non-hydrogen) atoms. The fourth-order valence-corrected chi connectivity index (χ4v) is 3.72. The van der Waals surface area contributed by atoms with E-state index in [1.807, 2.05) is 30.3 Å². The lowest BCUT2D eigenvalue weighted by Gasteiger charge is -2.18. The molecule has 10 heteroatoms. The summed E-state index contributed by atoms with van der Waals surface area (Å²) in [6.45, 7) is 7.42. The summed E-state index contributed by atoms with van der Waals surface area (Å²) in [5.74, 6) is 0.267. The first-order valence-corrected chi connectivity index (χ1v) is 12.1. The summed E-state index contributed by atoms with van der Waals surface area (Å²) in [7, 11) is 0. The highest BCUT2D eigenvalue weighted by Gasteiger charge is 2.20. The smallest absolute Gasteiger partial charge is 0.274 e. The predicted molar refractivity (Wildman–Crippen MR) is 141 cm³/mol. The van der Waals surface area contributed by atoms with Gasteiger partial charge in [-0.1, -0.05) is 44.2 Å². The molecule has 2 aromatic heterocycles. The fourth-order valence-electron chi connectivity index (χ4n) is 3.72. The molecule has 0 radical (unpaired) electrons. The molecule has 0 saturated carbocycles. The number of hydrogen-bond acceptors (Lipinski definition) is 7. The van der Waals surface area contributed by atoms with Crippen LogP contribution in [0, 0.1) is 0 Å². The molecule has 0 aliphatic rings. The van der Waals surface area contributed by atoms with E-state index in [0.717, 1.165) is 25.2 Å². The number of aromatic nitrogens is 4. The van der Waals surface area contributed by atoms with Crippen LogP contribution >= 0.6 is 0 Å². The second-order valence-corrected chi connectivity index (χ2v) is 8.14. The van der Waals surface area contributed by atoms with Crippen LogP contribution in [-0.4, -0.2) is 63.1 Å². The van der Waals surface area contributed by atoms with Crippen molar-refractivity contribution in [2.45, 2.75) is 13.8 Å². The van der Waals surface area contributed by atoms with Crippen molar-refractivity contribution in [3.8, 4) is 11.4 Å². The van der Waals surface area contributed by atoms with Crippen LogP contribution in [0.1, 0.15) is 30.0 Å². The van der Waals surface area contributed by atoms with Crippen LogP contribution in [0.4, 0.5) is 5.69 Å². The van der Waals surface area contributed by atoms with Crippen molar-refractivity contribution in [3.05, 3.63) is 84.3 Å². The molecule has 0 aliphatic carbocycles. The topological polar surface area (TPSA) is 118 Å². The number of benzene rings is 2. The van der Waals surface area contributed by atoms with E-state index >= 15 is 0 Å². The third-order valence-electron chi connectivity index (χ3n) is 5.80. The molecule has 190 valence electrons. The first-order valence-electron chi connectivity index (χ1n) is 12.1. The maximum Gasteiger partial charge on any atom is 0.274 e. The summed E-state index contributed by atoms with van der Waals surface area (Å²) in [5.41, 5.74) is 1.94. The van der Waals surface area contributed by atoms with Gasteiger partial charge in [0.15, 0.2) is 5.82 Å². The van der Waals surface area contributed by atoms with E-state index in [9.17, 15) is 9.59 Å². The van der Waals surface area contributed by atoms with Crippen molar-refractivity contribution in [2.24, 2.45) is 0 Å². The lowest BCUT2D eigenvalue weighted by Crippen LogP contribution is -2.34. The van der Waals surface area contributed by atoms with Gasteiger partial charge in [0.25, 0.3) is 11.8 Å². The Hall–Kier alpha value is -4.57. The van der Waals surface area contributed by atoms with E-state index in [4.69, 9.17) is 4.42 Å². The molecular weight excluding hydrogens is 470 g/mol. The number of nitrogens with one attached hydrogen (secondary N) is 2. The van der Waals surface area contributed by atoms with Gasteiger partial charge in [-0.05, 0) is 59.9 Å². The first kappa shape index (κ1) is 25.5. The van der Waals surface area contributed by atoms with Crippen molar-refractivity contribution in [1.82, 2.24) is 30.4 Å². The van der Waals surface area contributed by atoms with Crippen molar-refractivity contribution in [1.29, 1.82) is 0 Å². The fraction of sp³-hybridized carbons (Fsp3) is 0.222. The minimum atomic E-state index is -0.447. The standard InChI is InChI=1S/C27H29N7O3/c1-3-33(4-2)17-16-28-26(35)21-12-14-22(15-13-21)29-27(36)24(19-23-11-8-18-37-23)34-25(30-31-32-34)20-9-6-5-7-10-20/h5-15,18-19H,3-4,16-17H2,1-2H3,(H,28,35)(H,29,36)/b24-19+. The highest BCUT2D eigenvalue weighted by Crippen LogP contribution is 2.22. The SMILES string of the molecule is CCN(CC)CCNC(=O)c1ccc(NC(=O)/C(=C\c2ccco2)n2nnnc2-c2ccccc2)cc1. The number of furan rings is 1. The van der Waals surface area contributed by atoms with Crippen LogP contribution in [0.15, 0.2) is 77.4 Å². The summed E-state index contributed by atoms with van der Waals surface area (Å²) >= 11 is 0. The molecule has 10 nitrogen and oxygen atoms in total. The Bertz CT molecular complexity index is 1330. The Morgan fingerprint density at radius 1 is 1.00 bits per heavy atom. The van der Waals surface area contributed by atoms with Crippen LogP contribution < -0.4 is 10.6 Å². The van der Waals surface area contributed by atoms with Crippen molar-refractivity contribution < 1.29 is 14.0 Å². The third kappa shape index (κ3) is 6.56. The maximum atomic E-state index is 13.4. The predicted octanol–water partition coefficient (Wildman–Crippen LogP) is 3.64. The lowest BCUT2D eigenvalue weighted by atomic mass is 10.2. The van der Waals surface area contributed by atoms with Gasteiger partial charge in [-0.3, -0.25) is 9.59 Å². The average Bonchev–Trinajstić information content (AvgIpc) is 3.63. The van der Waals surface area contributed by atoms with Crippen LogP contribution in [0.25, 0.3) is 23.2 Å². The number of tetrazole rings is 1. The Balaban J connectivity index is 1.50. The lowest BCUT2D eigenvalue weighted by molar-refractivity contribution is -0.111. The number of carbonyl (C=O) groups excluding carboxylic acids is 2. The number of hydrogen-bond donors (Lipinski definition) is 2. The molecule has 0 fully saturated rings. The monoisotopic (exact) mass is 499 g/mol. The molecule has 2 amide bonds. The van der Waals surface area contributed by atoms with E-state index in [1.54, 1.807) is 42.5 Å². The van der Waals surface area contributed by atoms with Crippen LogP contribution in [0.2, 0.25) is 0 Å². The molecule has 0 saturated heterocycles. The summed E-state index contributed by atoms with van der Waals surface area (Å²) in [6, 6.07) is 19.5. The van der Waals surface area contributed by atoms with Gasteiger partial charge in [0.2, 0.25) is 0 Å². The third-order valence-corrected chi connectivity index (χ3v) is 5.80. The van der Waals surface area contributed by atoms with E-state index in [-0.39, 0.29) is 11.6 Å². The number of carbonyl (C=O) groups is 2. The first-order chi connectivity index (χ1) is 18.1. The van der Waals surface area contributed by atoms with Gasteiger partial charge in [0.1, 0.15) is 11.5 Å². The van der Waals surface area contributed by atoms with Gasteiger partial charge in [-0.15, -0.1) is 5.10 Å². The molecule has 2 N–H and O–H groups in total. The van der Waals surface area contributed by atoms with E-state index in [1.165, 1.54) is 10.9 Å².